The molecule has 0 radical (unpaired) electrons. The van der Waals surface area contributed by atoms with Gasteiger partial charge in [-0.3, -0.25) is 0 Å². The van der Waals surface area contributed by atoms with Gasteiger partial charge in [0.05, 0.1) is 6.61 Å². The fraction of sp³-hybridized carbons (Fsp3) is 0.444. The molecule has 1 aromatic heterocycles. The molecule has 2 unspecified atom stereocenters. The van der Waals surface area contributed by atoms with Gasteiger partial charge in [-0.25, -0.2) is 14.8 Å². The zero-order chi connectivity index (χ0) is 9.97. The molecule has 1 aliphatic rings. The summed E-state index contributed by atoms with van der Waals surface area (Å²) in [5, 5.41) is 0. The van der Waals surface area contributed by atoms with E-state index in [0.717, 1.165) is 5.56 Å². The Morgan fingerprint density at radius 3 is 2.93 bits per heavy atom. The van der Waals surface area contributed by atoms with Crippen LogP contribution in [0.15, 0.2) is 18.7 Å². The van der Waals surface area contributed by atoms with Crippen LogP contribution in [0.2, 0.25) is 0 Å². The molecule has 74 valence electrons. The van der Waals surface area contributed by atoms with Gasteiger partial charge in [0, 0.05) is 18.0 Å². The highest BCUT2D eigenvalue weighted by molar-refractivity contribution is 5.78. The summed E-state index contributed by atoms with van der Waals surface area (Å²) in [6.45, 7) is 2.14. The van der Waals surface area contributed by atoms with Gasteiger partial charge in [0.1, 0.15) is 12.4 Å². The van der Waals surface area contributed by atoms with Crippen LogP contribution in [-0.4, -0.2) is 28.6 Å². The molecule has 0 saturated carbocycles. The van der Waals surface area contributed by atoms with Crippen LogP contribution >= 0.6 is 0 Å². The Balaban J connectivity index is 1.96. The maximum Gasteiger partial charge on any atom is 0.338 e. The summed E-state index contributed by atoms with van der Waals surface area (Å²) in [6, 6.07) is 0. The topological polar surface area (TPSA) is 64.6 Å². The van der Waals surface area contributed by atoms with E-state index in [9.17, 15) is 4.79 Å². The van der Waals surface area contributed by atoms with E-state index in [1.807, 2.05) is 0 Å². The van der Waals surface area contributed by atoms with Crippen LogP contribution in [0.1, 0.15) is 18.6 Å². The van der Waals surface area contributed by atoms with Gasteiger partial charge in [-0.1, -0.05) is 0 Å². The Kier molecular flexibility index (Phi) is 2.41. The summed E-state index contributed by atoms with van der Waals surface area (Å²) >= 11 is 0. The van der Waals surface area contributed by atoms with Crippen LogP contribution in [0.4, 0.5) is 0 Å². The Morgan fingerprint density at radius 1 is 1.57 bits per heavy atom. The number of esters is 1. The predicted octanol–water partition coefficient (Wildman–Crippen LogP) is 0.480. The van der Waals surface area contributed by atoms with Crippen molar-refractivity contribution in [2.24, 2.45) is 0 Å². The summed E-state index contributed by atoms with van der Waals surface area (Å²) in [6.07, 6.45) is 4.01. The third-order valence-corrected chi connectivity index (χ3v) is 1.92. The van der Waals surface area contributed by atoms with Crippen molar-refractivity contribution >= 4 is 5.97 Å². The van der Waals surface area contributed by atoms with Crippen LogP contribution < -0.4 is 0 Å². The molecule has 0 N–H and O–H groups in total. The fourth-order valence-corrected chi connectivity index (χ4v) is 1.23. The minimum Gasteiger partial charge on any atom is -0.464 e. The summed E-state index contributed by atoms with van der Waals surface area (Å²) in [5.41, 5.74) is 0.811. The predicted molar refractivity (Wildman–Crippen MR) is 46.3 cm³/mol. The first-order valence-corrected chi connectivity index (χ1v) is 4.40. The molecule has 1 saturated heterocycles. The molecule has 0 aliphatic carbocycles. The SMILES string of the molecule is CCOC(=O)C1OC1c1cncnc1. The lowest BCUT2D eigenvalue weighted by Gasteiger charge is -1.96. The standard InChI is InChI=1S/C9H10N2O3/c1-2-13-9(12)8-7(14-8)6-3-10-5-11-4-6/h3-5,7-8H,2H2,1H3. The first kappa shape index (κ1) is 9.08. The van der Waals surface area contributed by atoms with Crippen molar-refractivity contribution in [3.8, 4) is 0 Å². The molecule has 1 aliphatic heterocycles. The molecule has 0 amide bonds. The number of carbonyl (C=O) groups excluding carboxylic acids is 1. The molecule has 2 atom stereocenters. The van der Waals surface area contributed by atoms with Crippen LogP contribution in [0.25, 0.3) is 0 Å². The molecule has 0 bridgehead atoms. The average Bonchev–Trinajstić information content (AvgIpc) is 2.99. The lowest BCUT2D eigenvalue weighted by molar-refractivity contribution is -0.144. The summed E-state index contributed by atoms with van der Waals surface area (Å²) in [4.78, 5) is 18.9. The number of epoxide rings is 1. The van der Waals surface area contributed by atoms with Gasteiger partial charge in [0.15, 0.2) is 6.10 Å². The fourth-order valence-electron chi connectivity index (χ4n) is 1.23. The zero-order valence-electron chi connectivity index (χ0n) is 7.71. The smallest absolute Gasteiger partial charge is 0.338 e. The quantitative estimate of drug-likeness (QED) is 0.517. The highest BCUT2D eigenvalue weighted by atomic mass is 16.6. The molecule has 5 heteroatoms. The highest BCUT2D eigenvalue weighted by Crippen LogP contribution is 2.38. The number of rotatable bonds is 3. The van der Waals surface area contributed by atoms with Gasteiger partial charge in [-0.2, -0.15) is 0 Å². The second-order valence-electron chi connectivity index (χ2n) is 2.90. The van der Waals surface area contributed by atoms with E-state index < -0.39 is 6.10 Å². The molecular weight excluding hydrogens is 184 g/mol. The second-order valence-corrected chi connectivity index (χ2v) is 2.90. The van der Waals surface area contributed by atoms with Crippen molar-refractivity contribution in [1.82, 2.24) is 9.97 Å². The van der Waals surface area contributed by atoms with E-state index in [4.69, 9.17) is 9.47 Å². The van der Waals surface area contributed by atoms with E-state index in [1.165, 1.54) is 6.33 Å². The van der Waals surface area contributed by atoms with Crippen molar-refractivity contribution < 1.29 is 14.3 Å². The Hall–Kier alpha value is -1.49. The van der Waals surface area contributed by atoms with Crippen LogP contribution in [-0.2, 0) is 14.3 Å². The second kappa shape index (κ2) is 3.71. The van der Waals surface area contributed by atoms with Gasteiger partial charge in [0.2, 0.25) is 0 Å². The molecule has 2 heterocycles. The van der Waals surface area contributed by atoms with E-state index in [0.29, 0.717) is 6.61 Å². The maximum atomic E-state index is 11.2. The minimum absolute atomic E-state index is 0.227. The van der Waals surface area contributed by atoms with Gasteiger partial charge < -0.3 is 9.47 Å². The molecular formula is C9H10N2O3. The Labute approximate surface area is 81.1 Å². The number of hydrogen-bond acceptors (Lipinski definition) is 5. The van der Waals surface area contributed by atoms with Crippen LogP contribution in [0.3, 0.4) is 0 Å². The van der Waals surface area contributed by atoms with Gasteiger partial charge in [-0.15, -0.1) is 0 Å². The molecule has 0 spiro atoms. The number of nitrogens with zero attached hydrogens (tertiary/aromatic N) is 2. The van der Waals surface area contributed by atoms with Gasteiger partial charge in [0.25, 0.3) is 0 Å². The van der Waals surface area contributed by atoms with Crippen molar-refractivity contribution in [3.63, 3.8) is 0 Å². The van der Waals surface area contributed by atoms with Gasteiger partial charge >= 0.3 is 5.97 Å². The Morgan fingerprint density at radius 2 is 2.29 bits per heavy atom. The molecule has 2 rings (SSSR count). The van der Waals surface area contributed by atoms with E-state index >= 15 is 0 Å². The monoisotopic (exact) mass is 194 g/mol. The lowest BCUT2D eigenvalue weighted by atomic mass is 10.2. The average molecular weight is 194 g/mol. The molecule has 0 aromatic carbocycles. The summed E-state index contributed by atoms with van der Waals surface area (Å²) < 4.78 is 9.98. The number of aromatic nitrogens is 2. The third kappa shape index (κ3) is 1.72. The zero-order valence-corrected chi connectivity index (χ0v) is 7.71. The van der Waals surface area contributed by atoms with Crippen LogP contribution in [0, 0.1) is 0 Å². The first-order valence-electron chi connectivity index (χ1n) is 4.40. The highest BCUT2D eigenvalue weighted by Gasteiger charge is 2.47. The molecule has 14 heavy (non-hydrogen) atoms. The van der Waals surface area contributed by atoms with Gasteiger partial charge in [-0.05, 0) is 6.92 Å². The molecule has 1 aromatic rings. The van der Waals surface area contributed by atoms with Crippen molar-refractivity contribution in [2.45, 2.75) is 19.1 Å². The van der Waals surface area contributed by atoms with Crippen molar-refractivity contribution in [3.05, 3.63) is 24.3 Å². The third-order valence-electron chi connectivity index (χ3n) is 1.92. The van der Waals surface area contributed by atoms with E-state index in [2.05, 4.69) is 9.97 Å². The van der Waals surface area contributed by atoms with Crippen LogP contribution in [0.5, 0.6) is 0 Å². The summed E-state index contributed by atoms with van der Waals surface area (Å²) in [7, 11) is 0. The maximum absolute atomic E-state index is 11.2. The largest absolute Gasteiger partial charge is 0.464 e. The van der Waals surface area contributed by atoms with E-state index in [1.54, 1.807) is 19.3 Å². The molecule has 5 nitrogen and oxygen atoms in total. The summed E-state index contributed by atoms with van der Waals surface area (Å²) in [5.74, 6) is -0.318. The number of ether oxygens (including phenoxy) is 2. The number of carbonyl (C=O) groups is 1. The minimum atomic E-state index is -0.471. The van der Waals surface area contributed by atoms with Crippen molar-refractivity contribution in [1.29, 1.82) is 0 Å². The van der Waals surface area contributed by atoms with Crippen molar-refractivity contribution in [2.75, 3.05) is 6.61 Å². The first-order chi connectivity index (χ1) is 6.83. The Bertz CT molecular complexity index is 328. The molecule has 1 fully saturated rings. The normalized spacial score (nSPS) is 24.4. The number of hydrogen-bond donors (Lipinski definition) is 0. The van der Waals surface area contributed by atoms with E-state index in [-0.39, 0.29) is 12.1 Å². The lowest BCUT2D eigenvalue weighted by Crippen LogP contribution is -2.11.